The normalized spacial score (nSPS) is 22.8. The number of rotatable bonds is 0. The average molecular weight is 169 g/mol. The van der Waals surface area contributed by atoms with Gasteiger partial charge in [-0.05, 0) is 12.5 Å². The van der Waals surface area contributed by atoms with E-state index in [1.54, 1.807) is 0 Å². The molecular weight excluding hydrogens is 160 g/mol. The van der Waals surface area contributed by atoms with Gasteiger partial charge in [0, 0.05) is 18.0 Å². The Morgan fingerprint density at radius 2 is 2.55 bits per heavy atom. The highest BCUT2D eigenvalue weighted by Gasteiger charge is 2.02. The number of aromatic nitrogens is 1. The predicted octanol–water partition coefficient (Wildman–Crippen LogP) is 0.426. The van der Waals surface area contributed by atoms with E-state index in [4.69, 9.17) is 11.6 Å². The Kier molecular flexibility index (Phi) is 1.70. The molecule has 0 amide bonds. The molecule has 1 aliphatic heterocycles. The zero-order valence-corrected chi connectivity index (χ0v) is 6.80. The summed E-state index contributed by atoms with van der Waals surface area (Å²) in [6.07, 6.45) is 4.87. The van der Waals surface area contributed by atoms with Crippen LogP contribution in [0.25, 0.3) is 6.08 Å². The second-order valence-electron chi connectivity index (χ2n) is 2.63. The maximum Gasteiger partial charge on any atom is 0.132 e. The molecule has 1 atom stereocenters. The molecule has 1 unspecified atom stereocenters. The molecule has 0 bridgehead atoms. The molecule has 1 aliphatic rings. The van der Waals surface area contributed by atoms with Crippen LogP contribution < -0.4 is 10.7 Å². The summed E-state index contributed by atoms with van der Waals surface area (Å²) in [4.78, 5) is 7.39. The van der Waals surface area contributed by atoms with Gasteiger partial charge in [0.15, 0.2) is 0 Å². The smallest absolute Gasteiger partial charge is 0.132 e. The van der Waals surface area contributed by atoms with Crippen LogP contribution in [0.3, 0.4) is 0 Å². The van der Waals surface area contributed by atoms with Crippen molar-refractivity contribution < 1.29 is 0 Å². The first-order valence-electron chi connectivity index (χ1n) is 3.70. The standard InChI is InChI=1S/C8H9ClN2/c9-7-2-4-11-8-6(5-7)1-3-10-8/h1,3,5,7H,2,4H2,(H,10,11). The molecule has 0 radical (unpaired) electrons. The van der Waals surface area contributed by atoms with Crippen molar-refractivity contribution in [2.45, 2.75) is 11.8 Å². The van der Waals surface area contributed by atoms with E-state index < -0.39 is 0 Å². The summed E-state index contributed by atoms with van der Waals surface area (Å²) in [5, 5.41) is 1.26. The van der Waals surface area contributed by atoms with Crippen LogP contribution in [0, 0.1) is 0 Å². The molecule has 2 nitrogen and oxygen atoms in total. The van der Waals surface area contributed by atoms with E-state index in [1.165, 1.54) is 0 Å². The number of alkyl halides is 1. The molecule has 3 heteroatoms. The number of aromatic amines is 1. The largest absolute Gasteiger partial charge is 0.346 e. The minimum Gasteiger partial charge on any atom is -0.346 e. The fraction of sp³-hybridized carbons (Fsp3) is 0.375. The van der Waals surface area contributed by atoms with Crippen molar-refractivity contribution in [3.8, 4) is 0 Å². The molecule has 0 aromatic carbocycles. The van der Waals surface area contributed by atoms with Crippen molar-refractivity contribution in [2.24, 2.45) is 4.99 Å². The third-order valence-corrected chi connectivity index (χ3v) is 2.14. The van der Waals surface area contributed by atoms with Gasteiger partial charge < -0.3 is 4.98 Å². The number of nitrogens with zero attached hydrogens (tertiary/aromatic N) is 1. The Labute approximate surface area is 69.6 Å². The van der Waals surface area contributed by atoms with Gasteiger partial charge in [-0.15, -0.1) is 11.6 Å². The first-order chi connectivity index (χ1) is 5.36. The number of nitrogens with one attached hydrogen (secondary N) is 1. The van der Waals surface area contributed by atoms with Crippen molar-refractivity contribution in [1.29, 1.82) is 0 Å². The molecule has 0 aliphatic carbocycles. The summed E-state index contributed by atoms with van der Waals surface area (Å²) in [5.74, 6) is 0. The lowest BCUT2D eigenvalue weighted by Crippen LogP contribution is -2.22. The number of H-pyrrole nitrogens is 1. The van der Waals surface area contributed by atoms with E-state index in [9.17, 15) is 0 Å². The Hall–Kier alpha value is -0.760. The number of halogens is 1. The Morgan fingerprint density at radius 3 is 3.45 bits per heavy atom. The first-order valence-corrected chi connectivity index (χ1v) is 4.14. The molecule has 0 fully saturated rings. The van der Waals surface area contributed by atoms with Gasteiger partial charge in [-0.3, -0.25) is 4.99 Å². The number of hydrogen-bond acceptors (Lipinski definition) is 1. The Bertz CT molecular complexity index is 352. The highest BCUT2D eigenvalue weighted by atomic mass is 35.5. The fourth-order valence-corrected chi connectivity index (χ4v) is 1.46. The minimum atomic E-state index is 0.135. The molecule has 11 heavy (non-hydrogen) atoms. The van der Waals surface area contributed by atoms with Crippen LogP contribution in [0.15, 0.2) is 17.3 Å². The summed E-state index contributed by atoms with van der Waals surface area (Å²) in [6.45, 7) is 0.818. The molecule has 0 spiro atoms. The van der Waals surface area contributed by atoms with Gasteiger partial charge in [0.2, 0.25) is 0 Å². The van der Waals surface area contributed by atoms with Crippen LogP contribution in [-0.4, -0.2) is 16.9 Å². The fourth-order valence-electron chi connectivity index (χ4n) is 1.22. The lowest BCUT2D eigenvalue weighted by molar-refractivity contribution is 0.862. The second kappa shape index (κ2) is 2.70. The second-order valence-corrected chi connectivity index (χ2v) is 3.20. The van der Waals surface area contributed by atoms with E-state index >= 15 is 0 Å². The van der Waals surface area contributed by atoms with Crippen molar-refractivity contribution >= 4 is 17.7 Å². The van der Waals surface area contributed by atoms with Crippen LogP contribution >= 0.6 is 11.6 Å². The lowest BCUT2D eigenvalue weighted by Gasteiger charge is -1.95. The molecule has 0 saturated heterocycles. The summed E-state index contributed by atoms with van der Waals surface area (Å²) >= 11 is 5.98. The topological polar surface area (TPSA) is 28.1 Å². The highest BCUT2D eigenvalue weighted by molar-refractivity contribution is 6.23. The van der Waals surface area contributed by atoms with Gasteiger partial charge in [0.25, 0.3) is 0 Å². The average Bonchev–Trinajstić information content (AvgIpc) is 2.31. The van der Waals surface area contributed by atoms with E-state index in [0.717, 1.165) is 23.7 Å². The van der Waals surface area contributed by atoms with E-state index in [-0.39, 0.29) is 5.38 Å². The quantitative estimate of drug-likeness (QED) is 0.545. The van der Waals surface area contributed by atoms with Gasteiger partial charge >= 0.3 is 0 Å². The maximum atomic E-state index is 5.98. The SMILES string of the molecule is ClC1C=c2cc[nH]c2=NCC1. The lowest BCUT2D eigenvalue weighted by atomic mass is 10.3. The molecule has 2 rings (SSSR count). The highest BCUT2D eigenvalue weighted by Crippen LogP contribution is 2.03. The van der Waals surface area contributed by atoms with E-state index in [1.807, 2.05) is 18.3 Å². The number of hydrogen-bond donors (Lipinski definition) is 1. The zero-order valence-electron chi connectivity index (χ0n) is 6.05. The van der Waals surface area contributed by atoms with Gasteiger partial charge in [-0.2, -0.15) is 0 Å². The van der Waals surface area contributed by atoms with Crippen LogP contribution in [0.2, 0.25) is 0 Å². The van der Waals surface area contributed by atoms with Crippen LogP contribution in [0.5, 0.6) is 0 Å². The predicted molar refractivity (Wildman–Crippen MR) is 45.2 cm³/mol. The summed E-state index contributed by atoms with van der Waals surface area (Å²) in [5.41, 5.74) is 0.966. The van der Waals surface area contributed by atoms with Gasteiger partial charge in [-0.1, -0.05) is 6.08 Å². The maximum absolute atomic E-state index is 5.98. The third-order valence-electron chi connectivity index (χ3n) is 1.79. The molecule has 2 heterocycles. The third kappa shape index (κ3) is 1.31. The first kappa shape index (κ1) is 6.92. The Morgan fingerprint density at radius 1 is 1.64 bits per heavy atom. The van der Waals surface area contributed by atoms with Crippen LogP contribution in [-0.2, 0) is 0 Å². The molecule has 1 aromatic heterocycles. The molecule has 58 valence electrons. The number of fused-ring (bicyclic) bond motifs is 1. The van der Waals surface area contributed by atoms with Gasteiger partial charge in [0.05, 0.1) is 5.38 Å². The monoisotopic (exact) mass is 168 g/mol. The molecule has 0 saturated carbocycles. The van der Waals surface area contributed by atoms with Gasteiger partial charge in [0.1, 0.15) is 5.49 Å². The van der Waals surface area contributed by atoms with Crippen molar-refractivity contribution in [3.05, 3.63) is 23.0 Å². The van der Waals surface area contributed by atoms with E-state index in [2.05, 4.69) is 9.98 Å². The summed E-state index contributed by atoms with van der Waals surface area (Å²) in [7, 11) is 0. The zero-order chi connectivity index (χ0) is 7.68. The van der Waals surface area contributed by atoms with Crippen LogP contribution in [0.4, 0.5) is 0 Å². The molecule has 1 aromatic rings. The van der Waals surface area contributed by atoms with E-state index in [0.29, 0.717) is 0 Å². The van der Waals surface area contributed by atoms with Crippen LogP contribution in [0.1, 0.15) is 6.42 Å². The summed E-state index contributed by atoms with van der Waals surface area (Å²) in [6, 6.07) is 2.00. The van der Waals surface area contributed by atoms with Crippen molar-refractivity contribution in [3.63, 3.8) is 0 Å². The minimum absolute atomic E-state index is 0.135. The Balaban J connectivity index is 2.65. The van der Waals surface area contributed by atoms with Gasteiger partial charge in [-0.25, -0.2) is 0 Å². The van der Waals surface area contributed by atoms with Crippen molar-refractivity contribution in [1.82, 2.24) is 4.98 Å². The molecule has 1 N–H and O–H groups in total. The summed E-state index contributed by atoms with van der Waals surface area (Å²) < 4.78 is 0. The van der Waals surface area contributed by atoms with Crippen molar-refractivity contribution in [2.75, 3.05) is 6.54 Å². The molecular formula is C8H9ClN2.